The van der Waals surface area contributed by atoms with Crippen molar-refractivity contribution >= 4 is 15.7 Å². The molecule has 1 aliphatic heterocycles. The molecule has 2 aromatic carbocycles. The standard InChI is InChI=1S/C18H17N3O3S/c19-25(22,23)15-6-7-16-14(10-15)8-9-21(16)12-18-20-11-17(24-18)13-4-2-1-3-5-13/h1-7,10-11H,8-9,12H2,(H2,19,22,23). The first-order valence-corrected chi connectivity index (χ1v) is 9.46. The van der Waals surface area contributed by atoms with Gasteiger partial charge in [0, 0.05) is 17.8 Å². The van der Waals surface area contributed by atoms with E-state index < -0.39 is 10.0 Å². The topological polar surface area (TPSA) is 89.4 Å². The number of oxazole rings is 1. The Balaban J connectivity index is 1.55. The van der Waals surface area contributed by atoms with Crippen molar-refractivity contribution < 1.29 is 12.8 Å². The Labute approximate surface area is 146 Å². The van der Waals surface area contributed by atoms with Gasteiger partial charge in [-0.25, -0.2) is 18.5 Å². The van der Waals surface area contributed by atoms with Crippen LogP contribution in [-0.2, 0) is 23.0 Å². The van der Waals surface area contributed by atoms with E-state index >= 15 is 0 Å². The van der Waals surface area contributed by atoms with Crippen LogP contribution >= 0.6 is 0 Å². The fourth-order valence-corrected chi connectivity index (χ4v) is 3.63. The summed E-state index contributed by atoms with van der Waals surface area (Å²) < 4.78 is 28.8. The number of benzene rings is 2. The van der Waals surface area contributed by atoms with Gasteiger partial charge in [0.1, 0.15) is 0 Å². The number of rotatable bonds is 4. The van der Waals surface area contributed by atoms with Crippen LogP contribution in [0.25, 0.3) is 11.3 Å². The normalized spacial score (nSPS) is 13.9. The first kappa shape index (κ1) is 15.9. The van der Waals surface area contributed by atoms with Crippen LogP contribution in [0, 0.1) is 0 Å². The first-order chi connectivity index (χ1) is 12.0. The van der Waals surface area contributed by atoms with Gasteiger partial charge in [-0.1, -0.05) is 30.3 Å². The van der Waals surface area contributed by atoms with Crippen molar-refractivity contribution in [3.8, 4) is 11.3 Å². The number of sulfonamides is 1. The summed E-state index contributed by atoms with van der Waals surface area (Å²) in [6, 6.07) is 14.8. The second-order valence-electron chi connectivity index (χ2n) is 5.99. The van der Waals surface area contributed by atoms with Gasteiger partial charge in [-0.2, -0.15) is 0 Å². The van der Waals surface area contributed by atoms with Gasteiger partial charge >= 0.3 is 0 Å². The lowest BCUT2D eigenvalue weighted by atomic mass is 10.2. The number of hydrogen-bond acceptors (Lipinski definition) is 5. The highest BCUT2D eigenvalue weighted by Gasteiger charge is 2.23. The Morgan fingerprint density at radius 3 is 2.72 bits per heavy atom. The minimum absolute atomic E-state index is 0.149. The van der Waals surface area contributed by atoms with Crippen LogP contribution < -0.4 is 10.0 Å². The van der Waals surface area contributed by atoms with Gasteiger partial charge in [-0.3, -0.25) is 0 Å². The van der Waals surface area contributed by atoms with Crippen LogP contribution in [0.4, 0.5) is 5.69 Å². The largest absolute Gasteiger partial charge is 0.439 e. The predicted molar refractivity (Wildman–Crippen MR) is 94.5 cm³/mol. The zero-order valence-corrected chi connectivity index (χ0v) is 14.2. The van der Waals surface area contributed by atoms with Gasteiger partial charge in [-0.15, -0.1) is 0 Å². The Morgan fingerprint density at radius 1 is 1.16 bits per heavy atom. The third-order valence-corrected chi connectivity index (χ3v) is 5.22. The van der Waals surface area contributed by atoms with E-state index in [0.29, 0.717) is 12.4 Å². The highest BCUT2D eigenvalue weighted by molar-refractivity contribution is 7.89. The molecule has 0 radical (unpaired) electrons. The van der Waals surface area contributed by atoms with E-state index in [1.54, 1.807) is 18.3 Å². The number of nitrogens with two attached hydrogens (primary N) is 1. The molecule has 0 aliphatic carbocycles. The van der Waals surface area contributed by atoms with Gasteiger partial charge < -0.3 is 9.32 Å². The predicted octanol–water partition coefficient (Wildman–Crippen LogP) is 2.55. The molecule has 6 nitrogen and oxygen atoms in total. The quantitative estimate of drug-likeness (QED) is 0.777. The highest BCUT2D eigenvalue weighted by atomic mass is 32.2. The van der Waals surface area contributed by atoms with E-state index in [1.165, 1.54) is 6.07 Å². The van der Waals surface area contributed by atoms with Crippen molar-refractivity contribution in [3.63, 3.8) is 0 Å². The zero-order chi connectivity index (χ0) is 17.4. The lowest BCUT2D eigenvalue weighted by Crippen LogP contribution is -2.19. The molecule has 25 heavy (non-hydrogen) atoms. The summed E-state index contributed by atoms with van der Waals surface area (Å²) in [6.07, 6.45) is 2.50. The molecule has 3 aromatic rings. The summed E-state index contributed by atoms with van der Waals surface area (Å²) in [5.74, 6) is 1.36. The average Bonchev–Trinajstić information content (AvgIpc) is 3.22. The highest BCUT2D eigenvalue weighted by Crippen LogP contribution is 2.31. The summed E-state index contributed by atoms with van der Waals surface area (Å²) >= 11 is 0. The maximum Gasteiger partial charge on any atom is 0.238 e. The Bertz CT molecular complexity index is 1010. The van der Waals surface area contributed by atoms with Gasteiger partial charge in [-0.05, 0) is 30.2 Å². The van der Waals surface area contributed by atoms with Crippen LogP contribution in [0.3, 0.4) is 0 Å². The van der Waals surface area contributed by atoms with E-state index in [-0.39, 0.29) is 4.90 Å². The summed E-state index contributed by atoms with van der Waals surface area (Å²) in [4.78, 5) is 6.64. The van der Waals surface area contributed by atoms with Crippen molar-refractivity contribution in [2.24, 2.45) is 5.14 Å². The van der Waals surface area contributed by atoms with Crippen LogP contribution in [0.5, 0.6) is 0 Å². The van der Waals surface area contributed by atoms with Crippen LogP contribution in [0.2, 0.25) is 0 Å². The molecule has 0 saturated heterocycles. The third kappa shape index (κ3) is 3.16. The van der Waals surface area contributed by atoms with Crippen molar-refractivity contribution in [2.75, 3.05) is 11.4 Å². The second-order valence-corrected chi connectivity index (χ2v) is 7.55. The molecule has 2 heterocycles. The molecule has 0 fully saturated rings. The van der Waals surface area contributed by atoms with E-state index in [0.717, 1.165) is 35.5 Å². The molecular formula is C18H17N3O3S. The number of nitrogens with zero attached hydrogens (tertiary/aromatic N) is 2. The van der Waals surface area contributed by atoms with Gasteiger partial charge in [0.15, 0.2) is 5.76 Å². The lowest BCUT2D eigenvalue weighted by Gasteiger charge is -2.17. The fraction of sp³-hybridized carbons (Fsp3) is 0.167. The van der Waals surface area contributed by atoms with E-state index in [1.807, 2.05) is 30.3 Å². The molecule has 0 spiro atoms. The Hall–Kier alpha value is -2.64. The number of primary sulfonamides is 1. The Kier molecular flexibility index (Phi) is 3.82. The van der Waals surface area contributed by atoms with Crippen LogP contribution in [0.1, 0.15) is 11.5 Å². The summed E-state index contributed by atoms with van der Waals surface area (Å²) in [5, 5.41) is 5.20. The number of anilines is 1. The lowest BCUT2D eigenvalue weighted by molar-refractivity contribution is 0.501. The molecule has 0 atom stereocenters. The van der Waals surface area contributed by atoms with Crippen molar-refractivity contribution in [1.29, 1.82) is 0 Å². The second kappa shape index (κ2) is 6.02. The summed E-state index contributed by atoms with van der Waals surface area (Å²) in [7, 11) is -3.68. The molecule has 2 N–H and O–H groups in total. The molecule has 0 amide bonds. The fourth-order valence-electron chi connectivity index (χ4n) is 3.07. The SMILES string of the molecule is NS(=O)(=O)c1ccc2c(c1)CCN2Cc1ncc(-c2ccccc2)o1. The maximum atomic E-state index is 11.5. The number of fused-ring (bicyclic) bond motifs is 1. The molecule has 0 unspecified atom stereocenters. The van der Waals surface area contributed by atoms with E-state index in [9.17, 15) is 8.42 Å². The number of aromatic nitrogens is 1. The summed E-state index contributed by atoms with van der Waals surface area (Å²) in [6.45, 7) is 1.32. The van der Waals surface area contributed by atoms with Gasteiger partial charge in [0.25, 0.3) is 0 Å². The third-order valence-electron chi connectivity index (χ3n) is 4.31. The van der Waals surface area contributed by atoms with Crippen molar-refractivity contribution in [1.82, 2.24) is 4.98 Å². The smallest absolute Gasteiger partial charge is 0.238 e. The van der Waals surface area contributed by atoms with E-state index in [4.69, 9.17) is 9.56 Å². The average molecular weight is 355 g/mol. The maximum absolute atomic E-state index is 11.5. The van der Waals surface area contributed by atoms with E-state index in [2.05, 4.69) is 9.88 Å². The molecule has 0 bridgehead atoms. The minimum Gasteiger partial charge on any atom is -0.439 e. The molecule has 1 aromatic heterocycles. The monoisotopic (exact) mass is 355 g/mol. The van der Waals surface area contributed by atoms with Gasteiger partial charge in [0.05, 0.1) is 17.6 Å². The van der Waals surface area contributed by atoms with Crippen molar-refractivity contribution in [2.45, 2.75) is 17.9 Å². The molecule has 0 saturated carbocycles. The molecule has 4 rings (SSSR count). The van der Waals surface area contributed by atoms with Crippen molar-refractivity contribution in [3.05, 3.63) is 66.2 Å². The molecular weight excluding hydrogens is 338 g/mol. The minimum atomic E-state index is -3.68. The molecule has 128 valence electrons. The Morgan fingerprint density at radius 2 is 1.96 bits per heavy atom. The summed E-state index contributed by atoms with van der Waals surface area (Å²) in [5.41, 5.74) is 2.95. The van der Waals surface area contributed by atoms with Crippen LogP contribution in [0.15, 0.2) is 64.0 Å². The first-order valence-electron chi connectivity index (χ1n) is 7.91. The molecule has 1 aliphatic rings. The molecule has 7 heteroatoms. The zero-order valence-electron chi connectivity index (χ0n) is 13.4. The number of hydrogen-bond donors (Lipinski definition) is 1. The van der Waals surface area contributed by atoms with Gasteiger partial charge in [0.2, 0.25) is 15.9 Å². The van der Waals surface area contributed by atoms with Crippen LogP contribution in [-0.4, -0.2) is 19.9 Å².